The van der Waals surface area contributed by atoms with E-state index in [9.17, 15) is 4.79 Å². The van der Waals surface area contributed by atoms with Gasteiger partial charge in [-0.1, -0.05) is 29.8 Å². The molecule has 1 unspecified atom stereocenters. The Morgan fingerprint density at radius 1 is 1.19 bits per heavy atom. The number of amides is 1. The summed E-state index contributed by atoms with van der Waals surface area (Å²) >= 11 is 3.41. The number of carbonyl (C=O) groups is 1. The van der Waals surface area contributed by atoms with Crippen LogP contribution in [0, 0.1) is 6.92 Å². The predicted octanol–water partition coefficient (Wildman–Crippen LogP) is 4.17. The zero-order valence-corrected chi connectivity index (χ0v) is 14.0. The van der Waals surface area contributed by atoms with Gasteiger partial charge in [-0.15, -0.1) is 0 Å². The van der Waals surface area contributed by atoms with E-state index in [0.717, 1.165) is 10.0 Å². The highest BCUT2D eigenvalue weighted by atomic mass is 79.9. The first-order valence-corrected chi connectivity index (χ1v) is 7.58. The van der Waals surface area contributed by atoms with Gasteiger partial charge in [-0.05, 0) is 53.5 Å². The highest BCUT2D eigenvalue weighted by Gasteiger charge is 2.20. The van der Waals surface area contributed by atoms with Crippen LogP contribution in [0.2, 0.25) is 0 Å². The molecule has 21 heavy (non-hydrogen) atoms. The molecule has 0 aromatic heterocycles. The van der Waals surface area contributed by atoms with Gasteiger partial charge in [0.15, 0.2) is 0 Å². The van der Waals surface area contributed by atoms with Crippen LogP contribution in [0.3, 0.4) is 0 Å². The Morgan fingerprint density at radius 2 is 1.81 bits per heavy atom. The fourth-order valence-corrected chi connectivity index (χ4v) is 2.56. The SMILES string of the molecule is Cc1ccc(C(C)N(C)C(=O)c2cc(N)ccc2Br)cc1. The summed E-state index contributed by atoms with van der Waals surface area (Å²) in [6.45, 7) is 4.07. The molecule has 2 aromatic carbocycles. The third-order valence-electron chi connectivity index (χ3n) is 3.68. The Kier molecular flexibility index (Phi) is 4.68. The maximum atomic E-state index is 12.6. The van der Waals surface area contributed by atoms with Gasteiger partial charge in [-0.2, -0.15) is 0 Å². The Labute approximate surface area is 133 Å². The van der Waals surface area contributed by atoms with Crippen LogP contribution in [-0.2, 0) is 0 Å². The molecule has 2 N–H and O–H groups in total. The lowest BCUT2D eigenvalue weighted by atomic mass is 10.0. The first-order chi connectivity index (χ1) is 9.90. The number of halogens is 1. The van der Waals surface area contributed by atoms with Gasteiger partial charge in [-0.3, -0.25) is 4.79 Å². The van der Waals surface area contributed by atoms with E-state index in [1.807, 2.05) is 20.9 Å². The molecule has 1 amide bonds. The average molecular weight is 347 g/mol. The quantitative estimate of drug-likeness (QED) is 0.847. The summed E-state index contributed by atoms with van der Waals surface area (Å²) in [7, 11) is 1.81. The first kappa shape index (κ1) is 15.6. The molecule has 2 rings (SSSR count). The normalized spacial score (nSPS) is 12.0. The molecule has 110 valence electrons. The van der Waals surface area contributed by atoms with Gasteiger partial charge in [0.2, 0.25) is 0 Å². The molecule has 0 saturated carbocycles. The Hall–Kier alpha value is -1.81. The number of anilines is 1. The van der Waals surface area contributed by atoms with Gasteiger partial charge in [0.05, 0.1) is 11.6 Å². The number of hydrogen-bond acceptors (Lipinski definition) is 2. The molecule has 0 aliphatic rings. The van der Waals surface area contributed by atoms with Crippen molar-refractivity contribution in [2.45, 2.75) is 19.9 Å². The lowest BCUT2D eigenvalue weighted by Gasteiger charge is -2.26. The Balaban J connectivity index is 2.26. The van der Waals surface area contributed by atoms with Gasteiger partial charge in [-0.25, -0.2) is 0 Å². The van der Waals surface area contributed by atoms with Crippen LogP contribution < -0.4 is 5.73 Å². The van der Waals surface area contributed by atoms with Crippen molar-refractivity contribution in [3.8, 4) is 0 Å². The topological polar surface area (TPSA) is 46.3 Å². The monoisotopic (exact) mass is 346 g/mol. The number of nitrogens with zero attached hydrogens (tertiary/aromatic N) is 1. The average Bonchev–Trinajstić information content (AvgIpc) is 2.48. The van der Waals surface area contributed by atoms with Gasteiger partial charge < -0.3 is 10.6 Å². The van der Waals surface area contributed by atoms with Crippen molar-refractivity contribution in [1.82, 2.24) is 4.90 Å². The van der Waals surface area contributed by atoms with Crippen LogP contribution in [0.15, 0.2) is 46.9 Å². The van der Waals surface area contributed by atoms with E-state index in [1.165, 1.54) is 5.56 Å². The van der Waals surface area contributed by atoms with Crippen molar-refractivity contribution in [3.05, 3.63) is 63.6 Å². The third kappa shape index (κ3) is 3.45. The first-order valence-electron chi connectivity index (χ1n) is 6.79. The van der Waals surface area contributed by atoms with Crippen LogP contribution in [0.5, 0.6) is 0 Å². The van der Waals surface area contributed by atoms with Crippen LogP contribution >= 0.6 is 15.9 Å². The summed E-state index contributed by atoms with van der Waals surface area (Å²) in [5.41, 5.74) is 9.25. The number of hydrogen-bond donors (Lipinski definition) is 1. The predicted molar refractivity (Wildman–Crippen MR) is 90.2 cm³/mol. The van der Waals surface area contributed by atoms with Crippen LogP contribution in [0.4, 0.5) is 5.69 Å². The number of nitrogen functional groups attached to an aromatic ring is 1. The third-order valence-corrected chi connectivity index (χ3v) is 4.37. The highest BCUT2D eigenvalue weighted by Crippen LogP contribution is 2.25. The van der Waals surface area contributed by atoms with Crippen molar-refractivity contribution in [1.29, 1.82) is 0 Å². The van der Waals surface area contributed by atoms with E-state index in [4.69, 9.17) is 5.73 Å². The summed E-state index contributed by atoms with van der Waals surface area (Å²) in [5, 5.41) is 0. The molecular weight excluding hydrogens is 328 g/mol. The summed E-state index contributed by atoms with van der Waals surface area (Å²) in [5.74, 6) is -0.0535. The zero-order valence-electron chi connectivity index (χ0n) is 12.4. The van der Waals surface area contributed by atoms with Gasteiger partial charge >= 0.3 is 0 Å². The van der Waals surface area contributed by atoms with Crippen LogP contribution in [0.25, 0.3) is 0 Å². The van der Waals surface area contributed by atoms with E-state index >= 15 is 0 Å². The maximum Gasteiger partial charge on any atom is 0.255 e. The number of aryl methyl sites for hydroxylation is 1. The lowest BCUT2D eigenvalue weighted by Crippen LogP contribution is -2.30. The van der Waals surface area contributed by atoms with E-state index < -0.39 is 0 Å². The van der Waals surface area contributed by atoms with Crippen molar-refractivity contribution >= 4 is 27.5 Å². The van der Waals surface area contributed by atoms with Gasteiger partial charge in [0, 0.05) is 17.2 Å². The fraction of sp³-hybridized carbons (Fsp3) is 0.235. The summed E-state index contributed by atoms with van der Waals surface area (Å²) in [6, 6.07) is 13.5. The van der Waals surface area contributed by atoms with E-state index in [1.54, 1.807) is 23.1 Å². The van der Waals surface area contributed by atoms with E-state index in [0.29, 0.717) is 11.3 Å². The minimum Gasteiger partial charge on any atom is -0.399 e. The zero-order chi connectivity index (χ0) is 15.6. The molecule has 0 aliphatic heterocycles. The standard InChI is InChI=1S/C17H19BrN2O/c1-11-4-6-13(7-5-11)12(2)20(3)17(21)15-10-14(19)8-9-16(15)18/h4-10,12H,19H2,1-3H3. The number of rotatable bonds is 3. The van der Waals surface area contributed by atoms with Crippen molar-refractivity contribution in [2.75, 3.05) is 12.8 Å². The van der Waals surface area contributed by atoms with Crippen LogP contribution in [-0.4, -0.2) is 17.9 Å². The van der Waals surface area contributed by atoms with Crippen molar-refractivity contribution in [2.24, 2.45) is 0 Å². The summed E-state index contributed by atoms with van der Waals surface area (Å²) in [6.07, 6.45) is 0. The molecular formula is C17H19BrN2O. The van der Waals surface area contributed by atoms with Gasteiger partial charge in [0.25, 0.3) is 5.91 Å². The molecule has 0 bridgehead atoms. The Bertz CT molecular complexity index is 652. The minimum atomic E-state index is -0.0535. The Morgan fingerprint density at radius 3 is 2.43 bits per heavy atom. The molecule has 0 aliphatic carbocycles. The number of benzene rings is 2. The maximum absolute atomic E-state index is 12.6. The van der Waals surface area contributed by atoms with E-state index in [-0.39, 0.29) is 11.9 Å². The second-order valence-electron chi connectivity index (χ2n) is 5.24. The van der Waals surface area contributed by atoms with Gasteiger partial charge in [0.1, 0.15) is 0 Å². The largest absolute Gasteiger partial charge is 0.399 e. The van der Waals surface area contributed by atoms with Crippen molar-refractivity contribution in [3.63, 3.8) is 0 Å². The molecule has 0 fully saturated rings. The second kappa shape index (κ2) is 6.31. The van der Waals surface area contributed by atoms with E-state index in [2.05, 4.69) is 40.2 Å². The minimum absolute atomic E-state index is 0.00793. The molecule has 0 radical (unpaired) electrons. The fourth-order valence-electron chi connectivity index (χ4n) is 2.14. The summed E-state index contributed by atoms with van der Waals surface area (Å²) in [4.78, 5) is 14.4. The molecule has 4 heteroatoms. The number of nitrogens with two attached hydrogens (primary N) is 1. The lowest BCUT2D eigenvalue weighted by molar-refractivity contribution is 0.0742. The van der Waals surface area contributed by atoms with Crippen LogP contribution in [0.1, 0.15) is 34.5 Å². The summed E-state index contributed by atoms with van der Waals surface area (Å²) < 4.78 is 0.754. The number of carbonyl (C=O) groups excluding carboxylic acids is 1. The molecule has 3 nitrogen and oxygen atoms in total. The highest BCUT2D eigenvalue weighted by molar-refractivity contribution is 9.10. The smallest absolute Gasteiger partial charge is 0.255 e. The molecule has 0 spiro atoms. The van der Waals surface area contributed by atoms with Crippen molar-refractivity contribution < 1.29 is 4.79 Å². The second-order valence-corrected chi connectivity index (χ2v) is 6.10. The molecule has 0 saturated heterocycles. The molecule has 2 aromatic rings. The molecule has 0 heterocycles. The molecule has 1 atom stereocenters.